The lowest BCUT2D eigenvalue weighted by molar-refractivity contribution is 0.320. The van der Waals surface area contributed by atoms with Gasteiger partial charge in [0.25, 0.3) is 5.89 Å². The molecule has 1 aromatic heterocycles. The fourth-order valence-corrected chi connectivity index (χ4v) is 3.92. The topological polar surface area (TPSA) is 117 Å². The number of aromatic hydroxyl groups is 1. The Bertz CT molecular complexity index is 1120. The maximum Gasteiger partial charge on any atom is 0.412 e. The highest BCUT2D eigenvalue weighted by molar-refractivity contribution is 14.1. The van der Waals surface area contributed by atoms with E-state index in [1.165, 1.54) is 0 Å². The standard InChI is InChI=1S/C15H11ClFIN4O4S/c1-19-27(24,25)13-5-8(14-21-22-15(23)26-14)12(6-10(13)17)20-11-3-2-7(18)4-9(11)16/h2-6,19-20H,1H3,(H,22,23). The van der Waals surface area contributed by atoms with E-state index in [4.69, 9.17) is 16.0 Å². The van der Waals surface area contributed by atoms with Gasteiger partial charge in [-0.05, 0) is 60.0 Å². The predicted octanol–water partition coefficient (Wildman–Crippen LogP) is 3.49. The molecule has 0 aliphatic carbocycles. The molecule has 12 heteroatoms. The highest BCUT2D eigenvalue weighted by atomic mass is 127. The second kappa shape index (κ2) is 7.58. The summed E-state index contributed by atoms with van der Waals surface area (Å²) < 4.78 is 46.5. The minimum absolute atomic E-state index is 0.0626. The first-order valence-corrected chi connectivity index (χ1v) is 10.2. The van der Waals surface area contributed by atoms with Crippen molar-refractivity contribution in [2.75, 3.05) is 12.4 Å². The number of nitrogens with one attached hydrogen (secondary N) is 2. The van der Waals surface area contributed by atoms with Crippen LogP contribution in [0.15, 0.2) is 39.6 Å². The molecule has 1 heterocycles. The summed E-state index contributed by atoms with van der Waals surface area (Å²) in [6, 6.07) is 7.14. The summed E-state index contributed by atoms with van der Waals surface area (Å²) in [5.41, 5.74) is 0.632. The van der Waals surface area contributed by atoms with Gasteiger partial charge in [-0.3, -0.25) is 0 Å². The van der Waals surface area contributed by atoms with Gasteiger partial charge in [-0.25, -0.2) is 17.5 Å². The van der Waals surface area contributed by atoms with Crippen molar-refractivity contribution in [3.05, 3.63) is 44.7 Å². The molecule has 0 bridgehead atoms. The number of aromatic nitrogens is 2. The normalized spacial score (nSPS) is 11.6. The SMILES string of the molecule is CNS(=O)(=O)c1cc(-c2nnc(O)o2)c(Nc2ccc(I)cc2Cl)cc1F. The van der Waals surface area contributed by atoms with Gasteiger partial charge in [-0.2, -0.15) is 0 Å². The first kappa shape index (κ1) is 19.8. The van der Waals surface area contributed by atoms with E-state index in [0.29, 0.717) is 10.7 Å². The Morgan fingerprint density at radius 1 is 1.22 bits per heavy atom. The molecule has 27 heavy (non-hydrogen) atoms. The molecule has 0 amide bonds. The summed E-state index contributed by atoms with van der Waals surface area (Å²) >= 11 is 8.28. The van der Waals surface area contributed by atoms with Crippen LogP contribution in [0.2, 0.25) is 5.02 Å². The molecular formula is C15H11ClFIN4O4S. The summed E-state index contributed by atoms with van der Waals surface area (Å²) in [6.45, 7) is 0. The van der Waals surface area contributed by atoms with Gasteiger partial charge in [-0.15, -0.1) is 5.10 Å². The molecule has 0 saturated carbocycles. The van der Waals surface area contributed by atoms with Crippen LogP contribution < -0.4 is 10.0 Å². The van der Waals surface area contributed by atoms with Crippen molar-refractivity contribution >= 4 is 55.6 Å². The second-order valence-corrected chi connectivity index (χ2v) is 8.68. The van der Waals surface area contributed by atoms with E-state index in [1.807, 2.05) is 4.72 Å². The summed E-state index contributed by atoms with van der Waals surface area (Å²) in [5.74, 6) is -1.20. The van der Waals surface area contributed by atoms with E-state index in [2.05, 4.69) is 38.1 Å². The largest absolute Gasteiger partial charge is 0.465 e. The summed E-state index contributed by atoms with van der Waals surface area (Å²) in [5, 5.41) is 19.5. The van der Waals surface area contributed by atoms with Crippen molar-refractivity contribution in [2.24, 2.45) is 0 Å². The lowest BCUT2D eigenvalue weighted by atomic mass is 10.1. The molecule has 0 unspecified atom stereocenters. The number of nitrogens with zero attached hydrogens (tertiary/aromatic N) is 2. The molecule has 142 valence electrons. The molecule has 0 radical (unpaired) electrons. The molecule has 8 nitrogen and oxygen atoms in total. The Hall–Kier alpha value is -1.96. The van der Waals surface area contributed by atoms with Crippen molar-refractivity contribution < 1.29 is 22.3 Å². The van der Waals surface area contributed by atoms with Crippen molar-refractivity contribution in [2.45, 2.75) is 4.90 Å². The van der Waals surface area contributed by atoms with Crippen LogP contribution in [0, 0.1) is 9.39 Å². The molecule has 0 fully saturated rings. The lowest BCUT2D eigenvalue weighted by Gasteiger charge is -2.14. The summed E-state index contributed by atoms with van der Waals surface area (Å²) in [4.78, 5) is -0.614. The van der Waals surface area contributed by atoms with E-state index in [0.717, 1.165) is 22.8 Å². The highest BCUT2D eigenvalue weighted by Crippen LogP contribution is 2.36. The average Bonchev–Trinajstić information content (AvgIpc) is 3.03. The lowest BCUT2D eigenvalue weighted by Crippen LogP contribution is -2.20. The predicted molar refractivity (Wildman–Crippen MR) is 105 cm³/mol. The number of benzene rings is 2. The third kappa shape index (κ3) is 4.15. The van der Waals surface area contributed by atoms with Crippen LogP contribution in [0.25, 0.3) is 11.5 Å². The molecular weight excluding hydrogens is 514 g/mol. The maximum absolute atomic E-state index is 14.5. The third-order valence-electron chi connectivity index (χ3n) is 3.48. The fourth-order valence-electron chi connectivity index (χ4n) is 2.21. The van der Waals surface area contributed by atoms with E-state index in [9.17, 15) is 17.9 Å². The quantitative estimate of drug-likeness (QED) is 0.437. The number of rotatable bonds is 5. The van der Waals surface area contributed by atoms with Crippen molar-refractivity contribution in [3.63, 3.8) is 0 Å². The number of hydrogen-bond donors (Lipinski definition) is 3. The Morgan fingerprint density at radius 3 is 2.56 bits per heavy atom. The van der Waals surface area contributed by atoms with Gasteiger partial charge in [0.2, 0.25) is 10.0 Å². The van der Waals surface area contributed by atoms with Crippen molar-refractivity contribution in [1.29, 1.82) is 0 Å². The molecule has 0 spiro atoms. The Kier molecular flexibility index (Phi) is 5.55. The highest BCUT2D eigenvalue weighted by Gasteiger charge is 2.23. The van der Waals surface area contributed by atoms with Gasteiger partial charge in [0.05, 0.1) is 22.0 Å². The van der Waals surface area contributed by atoms with E-state index < -0.39 is 26.8 Å². The Morgan fingerprint density at radius 2 is 1.96 bits per heavy atom. The number of halogens is 3. The monoisotopic (exact) mass is 524 g/mol. The maximum atomic E-state index is 14.5. The van der Waals surface area contributed by atoms with Crippen LogP contribution in [-0.4, -0.2) is 30.8 Å². The van der Waals surface area contributed by atoms with Gasteiger partial charge in [0, 0.05) is 3.57 Å². The van der Waals surface area contributed by atoms with E-state index >= 15 is 0 Å². The number of anilines is 2. The van der Waals surface area contributed by atoms with Gasteiger partial charge >= 0.3 is 6.08 Å². The van der Waals surface area contributed by atoms with Crippen LogP contribution in [0.3, 0.4) is 0 Å². The average molecular weight is 525 g/mol. The minimum Gasteiger partial charge on any atom is -0.465 e. The zero-order valence-corrected chi connectivity index (χ0v) is 17.2. The zero-order chi connectivity index (χ0) is 19.8. The minimum atomic E-state index is -4.09. The number of hydrogen-bond acceptors (Lipinski definition) is 7. The molecule has 0 aliphatic heterocycles. The number of sulfonamides is 1. The van der Waals surface area contributed by atoms with Crippen LogP contribution in [-0.2, 0) is 10.0 Å². The smallest absolute Gasteiger partial charge is 0.412 e. The zero-order valence-electron chi connectivity index (χ0n) is 13.5. The van der Waals surface area contributed by atoms with Crippen LogP contribution >= 0.6 is 34.2 Å². The summed E-state index contributed by atoms with van der Waals surface area (Å²) in [7, 11) is -2.93. The molecule has 0 saturated heterocycles. The molecule has 0 aliphatic rings. The Balaban J connectivity index is 2.19. The molecule has 3 N–H and O–H groups in total. The van der Waals surface area contributed by atoms with Crippen molar-refractivity contribution in [3.8, 4) is 17.5 Å². The first-order chi connectivity index (χ1) is 12.7. The van der Waals surface area contributed by atoms with Crippen molar-refractivity contribution in [1.82, 2.24) is 14.9 Å². The van der Waals surface area contributed by atoms with Gasteiger partial charge in [0.1, 0.15) is 10.7 Å². The van der Waals surface area contributed by atoms with Gasteiger partial charge in [0.15, 0.2) is 0 Å². The van der Waals surface area contributed by atoms with Crippen LogP contribution in [0.1, 0.15) is 0 Å². The molecule has 3 rings (SSSR count). The van der Waals surface area contributed by atoms with Gasteiger partial charge in [-0.1, -0.05) is 16.7 Å². The van der Waals surface area contributed by atoms with E-state index in [-0.39, 0.29) is 17.1 Å². The van der Waals surface area contributed by atoms with Crippen LogP contribution in [0.4, 0.5) is 15.8 Å². The third-order valence-corrected chi connectivity index (χ3v) is 5.89. The first-order valence-electron chi connectivity index (χ1n) is 7.23. The fraction of sp³-hybridized carbons (Fsp3) is 0.0667. The Labute approximate surface area is 171 Å². The second-order valence-electron chi connectivity index (χ2n) is 5.17. The molecule has 3 aromatic rings. The molecule has 2 aromatic carbocycles. The van der Waals surface area contributed by atoms with Crippen LogP contribution in [0.5, 0.6) is 6.08 Å². The van der Waals surface area contributed by atoms with Gasteiger partial charge < -0.3 is 14.8 Å². The van der Waals surface area contributed by atoms with E-state index in [1.54, 1.807) is 18.2 Å². The summed E-state index contributed by atoms with van der Waals surface area (Å²) in [6.07, 6.45) is -0.717. The molecule has 0 atom stereocenters.